The molecule has 2 heteroatoms. The molecule has 0 radical (unpaired) electrons. The zero-order valence-electron chi connectivity index (χ0n) is 11.1. The molecule has 0 aliphatic heterocycles. The Hall–Kier alpha value is -0.860. The van der Waals surface area contributed by atoms with E-state index in [1.165, 1.54) is 24.0 Å². The molecule has 94 valence electrons. The number of nitrogens with two attached hydrogens (primary N) is 1. The summed E-state index contributed by atoms with van der Waals surface area (Å²) in [7, 11) is 1.75. The van der Waals surface area contributed by atoms with Crippen molar-refractivity contribution >= 4 is 0 Å². The van der Waals surface area contributed by atoms with E-state index in [1.54, 1.807) is 7.11 Å². The van der Waals surface area contributed by atoms with Gasteiger partial charge in [0.05, 0.1) is 6.61 Å². The van der Waals surface area contributed by atoms with Gasteiger partial charge in [0.1, 0.15) is 0 Å². The van der Waals surface area contributed by atoms with Crippen molar-refractivity contribution in [3.63, 3.8) is 0 Å². The fraction of sp³-hybridized carbons (Fsp3) is 0.600. The van der Waals surface area contributed by atoms with Gasteiger partial charge in [-0.2, -0.15) is 0 Å². The topological polar surface area (TPSA) is 35.2 Å². The summed E-state index contributed by atoms with van der Waals surface area (Å²) in [5.41, 5.74) is 8.98. The number of methoxy groups -OCH3 is 1. The number of benzene rings is 1. The Labute approximate surface area is 104 Å². The van der Waals surface area contributed by atoms with Gasteiger partial charge in [-0.15, -0.1) is 0 Å². The molecule has 0 heterocycles. The highest BCUT2D eigenvalue weighted by Crippen LogP contribution is 2.35. The average molecular weight is 233 g/mol. The van der Waals surface area contributed by atoms with Crippen molar-refractivity contribution in [3.05, 3.63) is 35.4 Å². The largest absolute Gasteiger partial charge is 0.384 e. The zero-order valence-corrected chi connectivity index (χ0v) is 11.1. The molecule has 0 unspecified atom stereocenters. The second kappa shape index (κ2) is 4.43. The van der Waals surface area contributed by atoms with Crippen LogP contribution in [-0.2, 0) is 16.6 Å². The summed E-state index contributed by atoms with van der Waals surface area (Å²) in [6, 6.07) is 8.83. The van der Waals surface area contributed by atoms with Gasteiger partial charge < -0.3 is 10.5 Å². The number of rotatable bonds is 5. The Balaban J connectivity index is 2.07. The SMILES string of the molecule is COCC(C)(C)c1ccc(CC2(N)CC2)cc1. The lowest BCUT2D eigenvalue weighted by molar-refractivity contribution is 0.146. The van der Waals surface area contributed by atoms with Gasteiger partial charge in [-0.1, -0.05) is 38.1 Å². The monoisotopic (exact) mass is 233 g/mol. The minimum Gasteiger partial charge on any atom is -0.384 e. The van der Waals surface area contributed by atoms with E-state index in [0.29, 0.717) is 0 Å². The van der Waals surface area contributed by atoms with E-state index in [1.807, 2.05) is 0 Å². The molecule has 1 fully saturated rings. The zero-order chi connectivity index (χ0) is 12.5. The van der Waals surface area contributed by atoms with Gasteiger partial charge in [-0.05, 0) is 30.4 Å². The highest BCUT2D eigenvalue weighted by Gasteiger charge is 2.37. The van der Waals surface area contributed by atoms with E-state index in [2.05, 4.69) is 38.1 Å². The summed E-state index contributed by atoms with van der Waals surface area (Å²) >= 11 is 0. The molecule has 17 heavy (non-hydrogen) atoms. The minimum absolute atomic E-state index is 0.0766. The first kappa shape index (κ1) is 12.6. The highest BCUT2D eigenvalue weighted by molar-refractivity contribution is 5.30. The fourth-order valence-electron chi connectivity index (χ4n) is 2.26. The van der Waals surface area contributed by atoms with Crippen LogP contribution in [0.1, 0.15) is 37.8 Å². The second-order valence-corrected chi connectivity index (χ2v) is 6.05. The second-order valence-electron chi connectivity index (χ2n) is 6.05. The smallest absolute Gasteiger partial charge is 0.0553 e. The van der Waals surface area contributed by atoms with Crippen LogP contribution in [0.15, 0.2) is 24.3 Å². The van der Waals surface area contributed by atoms with Gasteiger partial charge in [0.15, 0.2) is 0 Å². The molecular weight excluding hydrogens is 210 g/mol. The number of hydrogen-bond donors (Lipinski definition) is 1. The predicted octanol–water partition coefficient (Wildman–Crippen LogP) is 2.64. The molecule has 2 N–H and O–H groups in total. The van der Waals surface area contributed by atoms with Crippen LogP contribution in [0.4, 0.5) is 0 Å². The van der Waals surface area contributed by atoms with E-state index in [9.17, 15) is 0 Å². The molecule has 2 rings (SSSR count). The third-order valence-electron chi connectivity index (χ3n) is 3.69. The third kappa shape index (κ3) is 3.08. The summed E-state index contributed by atoms with van der Waals surface area (Å²) in [5.74, 6) is 0. The van der Waals surface area contributed by atoms with Crippen molar-refractivity contribution in [3.8, 4) is 0 Å². The van der Waals surface area contributed by atoms with Crippen LogP contribution >= 0.6 is 0 Å². The van der Waals surface area contributed by atoms with E-state index in [4.69, 9.17) is 10.5 Å². The van der Waals surface area contributed by atoms with E-state index in [0.717, 1.165) is 13.0 Å². The predicted molar refractivity (Wildman–Crippen MR) is 71.2 cm³/mol. The lowest BCUT2D eigenvalue weighted by Crippen LogP contribution is -2.25. The van der Waals surface area contributed by atoms with Gasteiger partial charge in [0.2, 0.25) is 0 Å². The number of hydrogen-bond acceptors (Lipinski definition) is 2. The molecule has 0 amide bonds. The molecule has 0 atom stereocenters. The van der Waals surface area contributed by atoms with Gasteiger partial charge in [-0.3, -0.25) is 0 Å². The van der Waals surface area contributed by atoms with Crippen LogP contribution in [0.5, 0.6) is 0 Å². The Bertz CT molecular complexity index is 376. The Morgan fingerprint density at radius 2 is 1.82 bits per heavy atom. The van der Waals surface area contributed by atoms with Gasteiger partial charge >= 0.3 is 0 Å². The molecule has 1 aliphatic rings. The van der Waals surface area contributed by atoms with Gasteiger partial charge in [-0.25, -0.2) is 0 Å². The molecule has 0 spiro atoms. The van der Waals surface area contributed by atoms with E-state index in [-0.39, 0.29) is 11.0 Å². The van der Waals surface area contributed by atoms with Crippen LogP contribution in [0, 0.1) is 0 Å². The fourth-order valence-corrected chi connectivity index (χ4v) is 2.26. The maximum atomic E-state index is 6.13. The molecule has 2 nitrogen and oxygen atoms in total. The number of ether oxygens (including phenoxy) is 1. The van der Waals surface area contributed by atoms with Crippen molar-refractivity contribution in [2.24, 2.45) is 5.73 Å². The van der Waals surface area contributed by atoms with Gasteiger partial charge in [0.25, 0.3) is 0 Å². The van der Waals surface area contributed by atoms with Crippen molar-refractivity contribution in [1.29, 1.82) is 0 Å². The van der Waals surface area contributed by atoms with Crippen LogP contribution in [0.25, 0.3) is 0 Å². The maximum Gasteiger partial charge on any atom is 0.0553 e. The third-order valence-corrected chi connectivity index (χ3v) is 3.69. The molecule has 0 bridgehead atoms. The average Bonchev–Trinajstić information content (AvgIpc) is 2.97. The van der Waals surface area contributed by atoms with E-state index >= 15 is 0 Å². The summed E-state index contributed by atoms with van der Waals surface area (Å²) in [6.07, 6.45) is 3.35. The standard InChI is InChI=1S/C15H23NO/c1-14(2,11-17-3)13-6-4-12(5-7-13)10-15(16)8-9-15/h4-7H,8-11,16H2,1-3H3. The summed E-state index contributed by atoms with van der Waals surface area (Å²) in [4.78, 5) is 0. The Morgan fingerprint density at radius 1 is 1.24 bits per heavy atom. The summed E-state index contributed by atoms with van der Waals surface area (Å²) < 4.78 is 5.26. The first-order valence-corrected chi connectivity index (χ1v) is 6.32. The summed E-state index contributed by atoms with van der Waals surface area (Å²) in [5, 5.41) is 0. The molecule has 0 aromatic heterocycles. The van der Waals surface area contributed by atoms with Gasteiger partial charge in [0, 0.05) is 18.1 Å². The normalized spacial score (nSPS) is 18.1. The molecule has 0 saturated heterocycles. The van der Waals surface area contributed by atoms with Crippen molar-refractivity contribution in [2.75, 3.05) is 13.7 Å². The van der Waals surface area contributed by atoms with Crippen molar-refractivity contribution in [2.45, 2.75) is 44.1 Å². The first-order chi connectivity index (χ1) is 7.95. The molecule has 1 aromatic carbocycles. The van der Waals surface area contributed by atoms with Crippen LogP contribution in [0.2, 0.25) is 0 Å². The van der Waals surface area contributed by atoms with Crippen LogP contribution in [-0.4, -0.2) is 19.3 Å². The van der Waals surface area contributed by atoms with Crippen molar-refractivity contribution in [1.82, 2.24) is 0 Å². The van der Waals surface area contributed by atoms with Crippen LogP contribution < -0.4 is 5.73 Å². The lowest BCUT2D eigenvalue weighted by Gasteiger charge is -2.24. The Morgan fingerprint density at radius 3 is 2.29 bits per heavy atom. The quantitative estimate of drug-likeness (QED) is 0.848. The molecule has 1 aliphatic carbocycles. The highest BCUT2D eigenvalue weighted by atomic mass is 16.5. The molecule has 1 saturated carbocycles. The Kier molecular flexibility index (Phi) is 3.28. The minimum atomic E-state index is 0.0766. The first-order valence-electron chi connectivity index (χ1n) is 6.32. The lowest BCUT2D eigenvalue weighted by atomic mass is 9.85. The van der Waals surface area contributed by atoms with E-state index < -0.39 is 0 Å². The molecule has 1 aromatic rings. The molecular formula is C15H23NO. The van der Waals surface area contributed by atoms with Crippen molar-refractivity contribution < 1.29 is 4.74 Å². The summed E-state index contributed by atoms with van der Waals surface area (Å²) in [6.45, 7) is 5.15. The maximum absolute atomic E-state index is 6.13. The van der Waals surface area contributed by atoms with Crippen LogP contribution in [0.3, 0.4) is 0 Å².